The van der Waals surface area contributed by atoms with Crippen molar-refractivity contribution in [1.29, 1.82) is 0 Å². The van der Waals surface area contributed by atoms with Crippen LogP contribution in [0.15, 0.2) is 22.9 Å². The fraction of sp³-hybridized carbons (Fsp3) is 0.500. The smallest absolute Gasteiger partial charge is 0.220 e. The lowest BCUT2D eigenvalue weighted by Gasteiger charge is -2.12. The zero-order valence-electron chi connectivity index (χ0n) is 18.0. The maximum atomic E-state index is 12.2. The van der Waals surface area contributed by atoms with Gasteiger partial charge < -0.3 is 10.6 Å². The standard InChI is InChI=1S/C24H28N2O4S2/c27-19-13-17(15-9-11-31-23(15)19)25-21(29)7-5-3-1-2-4-6-8-22(30)26-18-14-20(28)24-16(18)10-12-32-24/h9-12,17-18H,1-8,13-14H2,(H,25,29)(H,26,30). The molecule has 2 N–H and O–H groups in total. The van der Waals surface area contributed by atoms with Gasteiger partial charge >= 0.3 is 0 Å². The minimum absolute atomic E-state index is 0.0118. The van der Waals surface area contributed by atoms with Gasteiger partial charge in [-0.3, -0.25) is 19.2 Å². The maximum absolute atomic E-state index is 12.2. The molecule has 8 heteroatoms. The highest BCUT2D eigenvalue weighted by Crippen LogP contribution is 2.35. The second kappa shape index (κ2) is 10.5. The van der Waals surface area contributed by atoms with Crippen molar-refractivity contribution < 1.29 is 19.2 Å². The molecule has 0 saturated carbocycles. The van der Waals surface area contributed by atoms with E-state index in [1.807, 2.05) is 22.9 Å². The highest BCUT2D eigenvalue weighted by atomic mass is 32.1. The number of carbonyl (C=O) groups excluding carboxylic acids is 4. The summed E-state index contributed by atoms with van der Waals surface area (Å²) in [4.78, 5) is 49.8. The van der Waals surface area contributed by atoms with E-state index in [1.54, 1.807) is 0 Å². The van der Waals surface area contributed by atoms with Gasteiger partial charge in [0.25, 0.3) is 0 Å². The zero-order valence-corrected chi connectivity index (χ0v) is 19.6. The second-order valence-electron chi connectivity index (χ2n) is 8.53. The van der Waals surface area contributed by atoms with Gasteiger partial charge in [0.15, 0.2) is 11.6 Å². The van der Waals surface area contributed by atoms with E-state index in [-0.39, 0.29) is 35.5 Å². The Hall–Kier alpha value is -2.32. The molecule has 0 aromatic carbocycles. The van der Waals surface area contributed by atoms with Gasteiger partial charge in [0.2, 0.25) is 11.8 Å². The Labute approximate surface area is 195 Å². The van der Waals surface area contributed by atoms with Crippen molar-refractivity contribution in [3.63, 3.8) is 0 Å². The highest BCUT2D eigenvalue weighted by Gasteiger charge is 2.32. The summed E-state index contributed by atoms with van der Waals surface area (Å²) in [5.74, 6) is 0.277. The molecular formula is C24H28N2O4S2. The Kier molecular flexibility index (Phi) is 7.52. The van der Waals surface area contributed by atoms with Gasteiger partial charge in [-0.25, -0.2) is 0 Å². The summed E-state index contributed by atoms with van der Waals surface area (Å²) in [6.07, 6.45) is 7.45. The number of Topliss-reactive ketones (excluding diaryl/α,β-unsaturated/α-hetero) is 2. The Bertz CT molecular complexity index is 929. The van der Waals surface area contributed by atoms with Crippen LogP contribution in [0.2, 0.25) is 0 Å². The van der Waals surface area contributed by atoms with E-state index in [1.165, 1.54) is 22.7 Å². The van der Waals surface area contributed by atoms with Crippen molar-refractivity contribution in [1.82, 2.24) is 10.6 Å². The van der Waals surface area contributed by atoms with Gasteiger partial charge in [-0.05, 0) is 46.9 Å². The zero-order chi connectivity index (χ0) is 22.5. The first kappa shape index (κ1) is 22.9. The molecule has 2 heterocycles. The van der Waals surface area contributed by atoms with Crippen molar-refractivity contribution in [3.8, 4) is 0 Å². The van der Waals surface area contributed by atoms with E-state index in [9.17, 15) is 19.2 Å². The fourth-order valence-corrected chi connectivity index (χ4v) is 6.31. The normalized spacial score (nSPS) is 19.1. The summed E-state index contributed by atoms with van der Waals surface area (Å²) >= 11 is 2.90. The number of rotatable bonds is 11. The number of amides is 2. The molecule has 0 radical (unpaired) electrons. The first-order valence-corrected chi connectivity index (χ1v) is 13.1. The number of nitrogens with one attached hydrogen (secondary N) is 2. The van der Waals surface area contributed by atoms with Crippen LogP contribution in [-0.4, -0.2) is 23.4 Å². The molecule has 2 amide bonds. The van der Waals surface area contributed by atoms with E-state index in [4.69, 9.17) is 0 Å². The van der Waals surface area contributed by atoms with Crippen LogP contribution in [0.5, 0.6) is 0 Å². The number of hydrogen-bond donors (Lipinski definition) is 2. The van der Waals surface area contributed by atoms with Crippen LogP contribution < -0.4 is 10.6 Å². The van der Waals surface area contributed by atoms with Crippen LogP contribution in [0.3, 0.4) is 0 Å². The average molecular weight is 473 g/mol. The average Bonchev–Trinajstić information content (AvgIpc) is 3.52. The summed E-state index contributed by atoms with van der Waals surface area (Å²) < 4.78 is 0. The summed E-state index contributed by atoms with van der Waals surface area (Å²) in [7, 11) is 0. The minimum Gasteiger partial charge on any atom is -0.349 e. The van der Waals surface area contributed by atoms with Crippen LogP contribution >= 0.6 is 22.7 Å². The highest BCUT2D eigenvalue weighted by molar-refractivity contribution is 7.12. The number of ketones is 2. The number of thiophene rings is 2. The predicted molar refractivity (Wildman–Crippen MR) is 125 cm³/mol. The lowest BCUT2D eigenvalue weighted by molar-refractivity contribution is -0.122. The molecule has 0 spiro atoms. The van der Waals surface area contributed by atoms with Crippen molar-refractivity contribution in [2.75, 3.05) is 0 Å². The molecule has 0 fully saturated rings. The van der Waals surface area contributed by atoms with E-state index in [0.717, 1.165) is 59.4 Å². The molecule has 170 valence electrons. The van der Waals surface area contributed by atoms with Crippen molar-refractivity contribution in [3.05, 3.63) is 43.8 Å². The van der Waals surface area contributed by atoms with Gasteiger partial charge in [-0.1, -0.05) is 25.7 Å². The Morgan fingerprint density at radius 2 is 1.12 bits per heavy atom. The Balaban J connectivity index is 1.02. The van der Waals surface area contributed by atoms with Gasteiger partial charge in [-0.15, -0.1) is 22.7 Å². The number of hydrogen-bond acceptors (Lipinski definition) is 6. The predicted octanol–water partition coefficient (Wildman–Crippen LogP) is 5.12. The Morgan fingerprint density at radius 3 is 1.56 bits per heavy atom. The number of fused-ring (bicyclic) bond motifs is 2. The molecule has 2 unspecified atom stereocenters. The topological polar surface area (TPSA) is 92.3 Å². The third-order valence-corrected chi connectivity index (χ3v) is 8.10. The molecule has 2 aromatic heterocycles. The van der Waals surface area contributed by atoms with Gasteiger partial charge in [-0.2, -0.15) is 0 Å². The largest absolute Gasteiger partial charge is 0.349 e. The summed E-state index contributed by atoms with van der Waals surface area (Å²) in [6, 6.07) is 3.55. The summed E-state index contributed by atoms with van der Waals surface area (Å²) in [5, 5.41) is 9.79. The Morgan fingerprint density at radius 1 is 0.719 bits per heavy atom. The number of unbranched alkanes of at least 4 members (excludes halogenated alkanes) is 5. The van der Waals surface area contributed by atoms with Crippen molar-refractivity contribution in [2.24, 2.45) is 0 Å². The molecule has 2 aromatic rings. The number of carbonyl (C=O) groups is 4. The molecule has 0 bridgehead atoms. The molecule has 6 nitrogen and oxygen atoms in total. The minimum atomic E-state index is -0.156. The van der Waals surface area contributed by atoms with Crippen LogP contribution in [0.25, 0.3) is 0 Å². The quantitative estimate of drug-likeness (QED) is 0.444. The molecule has 0 aliphatic heterocycles. The molecule has 4 rings (SSSR count). The molecule has 2 aliphatic rings. The third kappa shape index (κ3) is 5.35. The SMILES string of the molecule is O=C(CCCCCCCCC(=O)NC1CC(=O)c2sccc21)NC1CC(=O)c2sccc21. The van der Waals surface area contributed by atoms with E-state index >= 15 is 0 Å². The molecule has 2 atom stereocenters. The molecule has 0 saturated heterocycles. The van der Waals surface area contributed by atoms with Gasteiger partial charge in [0.1, 0.15) is 0 Å². The molecular weight excluding hydrogens is 444 g/mol. The monoisotopic (exact) mass is 472 g/mol. The van der Waals surface area contributed by atoms with Crippen molar-refractivity contribution in [2.45, 2.75) is 76.3 Å². The maximum Gasteiger partial charge on any atom is 0.220 e. The van der Waals surface area contributed by atoms with Crippen LogP contribution in [0.1, 0.15) is 107 Å². The van der Waals surface area contributed by atoms with E-state index in [0.29, 0.717) is 25.7 Å². The van der Waals surface area contributed by atoms with Crippen LogP contribution in [-0.2, 0) is 9.59 Å². The van der Waals surface area contributed by atoms with Crippen LogP contribution in [0.4, 0.5) is 0 Å². The van der Waals surface area contributed by atoms with Gasteiger partial charge in [0, 0.05) is 25.7 Å². The van der Waals surface area contributed by atoms with E-state index in [2.05, 4.69) is 10.6 Å². The second-order valence-corrected chi connectivity index (χ2v) is 10.4. The first-order chi connectivity index (χ1) is 15.5. The summed E-state index contributed by atoms with van der Waals surface area (Å²) in [5.41, 5.74) is 1.93. The van der Waals surface area contributed by atoms with E-state index < -0.39 is 0 Å². The molecule has 32 heavy (non-hydrogen) atoms. The fourth-order valence-electron chi connectivity index (χ4n) is 4.49. The van der Waals surface area contributed by atoms with Gasteiger partial charge in [0.05, 0.1) is 21.8 Å². The van der Waals surface area contributed by atoms with Crippen LogP contribution in [0, 0.1) is 0 Å². The summed E-state index contributed by atoms with van der Waals surface area (Å²) in [6.45, 7) is 0. The van der Waals surface area contributed by atoms with Crippen molar-refractivity contribution >= 4 is 46.1 Å². The first-order valence-electron chi connectivity index (χ1n) is 11.3. The lowest BCUT2D eigenvalue weighted by Crippen LogP contribution is -2.27. The lowest BCUT2D eigenvalue weighted by atomic mass is 10.1. The molecule has 2 aliphatic carbocycles. The third-order valence-electron chi connectivity index (χ3n) is 6.16.